The summed E-state index contributed by atoms with van der Waals surface area (Å²) in [5, 5.41) is 0. The van der Waals surface area contributed by atoms with Crippen LogP contribution in [0.5, 0.6) is 0 Å². The van der Waals surface area contributed by atoms with Crippen molar-refractivity contribution in [2.45, 2.75) is 0 Å². The van der Waals surface area contributed by atoms with Gasteiger partial charge in [0.25, 0.3) is 0 Å². The van der Waals surface area contributed by atoms with Crippen LogP contribution in [-0.2, 0) is 0 Å². The van der Waals surface area contributed by atoms with Crippen LogP contribution in [0.15, 0.2) is 0 Å². The van der Waals surface area contributed by atoms with Gasteiger partial charge in [-0.05, 0) is 42.3 Å². The van der Waals surface area contributed by atoms with E-state index in [-0.39, 0.29) is 0 Å². The molecule has 0 N–H and O–H groups in total. The first-order valence-electron chi connectivity index (χ1n) is 3.78. The molecule has 0 amide bonds. The third-order valence-electron chi connectivity index (χ3n) is 0.690. The lowest BCUT2D eigenvalue weighted by Gasteiger charge is -2.25. The Morgan fingerprint density at radius 3 is 0.923 bits per heavy atom. The summed E-state index contributed by atoms with van der Waals surface area (Å²) in [5.41, 5.74) is 0. The molecule has 0 aromatic rings. The van der Waals surface area contributed by atoms with Gasteiger partial charge in [0.1, 0.15) is 0 Å². The molecule has 0 saturated carbocycles. The van der Waals surface area contributed by atoms with Gasteiger partial charge in [-0.2, -0.15) is 0 Å². The van der Waals surface area contributed by atoms with Gasteiger partial charge in [0.2, 0.25) is 0 Å². The number of hydrogen-bond acceptors (Lipinski definition) is 7. The lowest BCUT2D eigenvalue weighted by molar-refractivity contribution is 0.658. The van der Waals surface area contributed by atoms with E-state index < -0.39 is 0 Å². The molecule has 0 aliphatic rings. The van der Waals surface area contributed by atoms with Crippen molar-refractivity contribution in [3.8, 4) is 0 Å². The van der Waals surface area contributed by atoms with Crippen LogP contribution in [0.4, 0.5) is 0 Å². The van der Waals surface area contributed by atoms with Gasteiger partial charge < -0.3 is 0 Å². The zero-order valence-electron chi connectivity index (χ0n) is 9.01. The molecule has 0 rings (SSSR count). The number of nitrogens with zero attached hydrogens (tertiary/aromatic N) is 4. The summed E-state index contributed by atoms with van der Waals surface area (Å²) in [6, 6.07) is 0. The van der Waals surface area contributed by atoms with Gasteiger partial charge in [0.15, 0.2) is 0 Å². The summed E-state index contributed by atoms with van der Waals surface area (Å²) < 4.78 is 8.31. The average molecular weight is 242 g/mol. The zero-order chi connectivity index (χ0) is 10.4. The van der Waals surface area contributed by atoms with Gasteiger partial charge in [-0.15, -0.1) is 0 Å². The Kier molecular flexibility index (Phi) is 7.71. The van der Waals surface area contributed by atoms with E-state index in [1.807, 2.05) is 42.3 Å². The second-order valence-electron chi connectivity index (χ2n) is 2.91. The van der Waals surface area contributed by atoms with E-state index in [4.69, 9.17) is 0 Å². The molecule has 4 nitrogen and oxygen atoms in total. The Balaban J connectivity index is 3.87. The van der Waals surface area contributed by atoms with Crippen LogP contribution in [0.25, 0.3) is 0 Å². The summed E-state index contributed by atoms with van der Waals surface area (Å²) >= 11 is 5.00. The fourth-order valence-corrected chi connectivity index (χ4v) is 4.00. The Morgan fingerprint density at radius 2 is 0.769 bits per heavy atom. The molecule has 7 heteroatoms. The van der Waals surface area contributed by atoms with Crippen molar-refractivity contribution in [3.63, 3.8) is 0 Å². The van der Waals surface area contributed by atoms with E-state index >= 15 is 0 Å². The maximum atomic E-state index is 2.12. The first kappa shape index (κ1) is 13.9. The van der Waals surface area contributed by atoms with Crippen LogP contribution in [0.3, 0.4) is 0 Å². The predicted octanol–water partition coefficient (Wildman–Crippen LogP) is 1.66. The minimum atomic E-state index is 1.67. The van der Waals surface area contributed by atoms with Crippen molar-refractivity contribution >= 4 is 36.4 Å². The van der Waals surface area contributed by atoms with Crippen molar-refractivity contribution in [1.82, 2.24) is 16.0 Å². The minimum absolute atomic E-state index is 1.67. The topological polar surface area (TPSA) is 13.0 Å². The number of hydrogen-bond donors (Lipinski definition) is 0. The van der Waals surface area contributed by atoms with Crippen molar-refractivity contribution in [3.05, 3.63) is 0 Å². The highest BCUT2D eigenvalue weighted by Gasteiger charge is 2.12. The molecule has 0 fully saturated rings. The van der Waals surface area contributed by atoms with E-state index in [0.29, 0.717) is 0 Å². The summed E-state index contributed by atoms with van der Waals surface area (Å²) in [7, 11) is 12.2. The van der Waals surface area contributed by atoms with Crippen LogP contribution in [0, 0.1) is 0 Å². The van der Waals surface area contributed by atoms with Crippen LogP contribution >= 0.6 is 36.4 Å². The fraction of sp³-hybridized carbons (Fsp3) is 1.00. The Labute approximate surface area is 94.8 Å². The number of rotatable bonds is 6. The highest BCUT2D eigenvalue weighted by molar-refractivity contribution is 8.23. The maximum absolute atomic E-state index is 2.12. The Bertz CT molecular complexity index is 107. The normalized spacial score (nSPS) is 12.5. The quantitative estimate of drug-likeness (QED) is 0.649. The largest absolute Gasteiger partial charge is 0.242 e. The third kappa shape index (κ3) is 9.20. The Morgan fingerprint density at radius 1 is 0.538 bits per heavy atom. The highest BCUT2D eigenvalue weighted by atomic mass is 32.3. The first-order chi connectivity index (χ1) is 5.91. The summed E-state index contributed by atoms with van der Waals surface area (Å²) in [6.45, 7) is 0. The third-order valence-corrected chi connectivity index (χ3v) is 3.27. The molecular formula is C6H18N4S3. The van der Waals surface area contributed by atoms with Crippen LogP contribution in [0.1, 0.15) is 0 Å². The van der Waals surface area contributed by atoms with Crippen molar-refractivity contribution < 1.29 is 0 Å². The van der Waals surface area contributed by atoms with Gasteiger partial charge in [-0.3, -0.25) is 0 Å². The standard InChI is InChI=1S/C6H18N4S3/c1-7(2)11-10(12-8(3)4)13-9(5)6/h1-6H3. The van der Waals surface area contributed by atoms with Crippen LogP contribution < -0.4 is 0 Å². The highest BCUT2D eigenvalue weighted by Crippen LogP contribution is 2.33. The molecular weight excluding hydrogens is 224 g/mol. The molecule has 0 spiro atoms. The fourth-order valence-electron chi connectivity index (χ4n) is 0.445. The van der Waals surface area contributed by atoms with Gasteiger partial charge in [0.05, 0.1) is 0 Å². The Hall–Kier alpha value is 0.890. The predicted molar refractivity (Wildman–Crippen MR) is 65.7 cm³/mol. The van der Waals surface area contributed by atoms with Gasteiger partial charge >= 0.3 is 0 Å². The first-order valence-corrected chi connectivity index (χ1v) is 5.97. The van der Waals surface area contributed by atoms with E-state index in [1.54, 1.807) is 36.4 Å². The molecule has 0 aromatic carbocycles. The monoisotopic (exact) mass is 242 g/mol. The van der Waals surface area contributed by atoms with E-state index in [0.717, 1.165) is 0 Å². The molecule has 0 heterocycles. The van der Waals surface area contributed by atoms with Crippen LogP contribution in [-0.4, -0.2) is 58.3 Å². The van der Waals surface area contributed by atoms with E-state index in [1.165, 1.54) is 0 Å². The second kappa shape index (κ2) is 7.22. The van der Waals surface area contributed by atoms with Gasteiger partial charge in [-0.25, -0.2) is 12.9 Å². The molecule has 0 radical (unpaired) electrons. The zero-order valence-corrected chi connectivity index (χ0v) is 11.5. The van der Waals surface area contributed by atoms with E-state index in [2.05, 4.69) is 16.0 Å². The summed E-state index contributed by atoms with van der Waals surface area (Å²) in [5.74, 6) is 0. The summed E-state index contributed by atoms with van der Waals surface area (Å²) in [4.78, 5) is 0. The van der Waals surface area contributed by atoms with Crippen molar-refractivity contribution in [2.75, 3.05) is 42.3 Å². The SMILES string of the molecule is CN(C)SN(SN(C)C)SN(C)C. The smallest absolute Gasteiger partial charge is 0.0332 e. The molecule has 0 aromatic heterocycles. The molecule has 0 bridgehead atoms. The maximum Gasteiger partial charge on any atom is 0.0332 e. The molecule has 0 atom stereocenters. The second-order valence-corrected chi connectivity index (χ2v) is 7.38. The van der Waals surface area contributed by atoms with Crippen molar-refractivity contribution in [2.24, 2.45) is 0 Å². The van der Waals surface area contributed by atoms with Crippen LogP contribution in [0.2, 0.25) is 0 Å². The molecule has 0 aliphatic carbocycles. The van der Waals surface area contributed by atoms with Gasteiger partial charge in [0, 0.05) is 36.4 Å². The minimum Gasteiger partial charge on any atom is -0.242 e. The van der Waals surface area contributed by atoms with E-state index in [9.17, 15) is 0 Å². The lowest BCUT2D eigenvalue weighted by Crippen LogP contribution is -2.17. The van der Waals surface area contributed by atoms with Crippen molar-refractivity contribution in [1.29, 1.82) is 0 Å². The molecule has 13 heavy (non-hydrogen) atoms. The molecule has 80 valence electrons. The molecule has 0 aliphatic heterocycles. The molecule has 0 saturated heterocycles. The van der Waals surface area contributed by atoms with Gasteiger partial charge in [-0.1, -0.05) is 3.12 Å². The average Bonchev–Trinajstić information content (AvgIpc) is 1.80. The molecule has 0 unspecified atom stereocenters. The summed E-state index contributed by atoms with van der Waals surface area (Å²) in [6.07, 6.45) is 0. The lowest BCUT2D eigenvalue weighted by atomic mass is 11.3.